The monoisotopic (exact) mass is 342 g/mol. The molecule has 0 spiro atoms. The number of halogens is 1. The van der Waals surface area contributed by atoms with Gasteiger partial charge in [0.2, 0.25) is 0 Å². The molecule has 0 aliphatic rings. The van der Waals surface area contributed by atoms with E-state index in [1.165, 1.54) is 12.1 Å². The maximum Gasteiger partial charge on any atom is 0.251 e. The van der Waals surface area contributed by atoms with Gasteiger partial charge in [-0.1, -0.05) is 32.0 Å². The average Bonchev–Trinajstić information content (AvgIpc) is 2.61. The maximum atomic E-state index is 13.5. The van der Waals surface area contributed by atoms with Crippen LogP contribution in [0.5, 0.6) is 0 Å². The van der Waals surface area contributed by atoms with Crippen LogP contribution in [0.2, 0.25) is 0 Å². The van der Waals surface area contributed by atoms with Crippen LogP contribution in [0.15, 0.2) is 42.5 Å². The zero-order chi connectivity index (χ0) is 18.4. The van der Waals surface area contributed by atoms with Crippen LogP contribution in [0.4, 0.5) is 4.39 Å². The summed E-state index contributed by atoms with van der Waals surface area (Å²) in [5.74, 6) is 0.0603. The summed E-state index contributed by atoms with van der Waals surface area (Å²) in [7, 11) is 2.07. The number of carbonyl (C=O) groups is 1. The van der Waals surface area contributed by atoms with E-state index in [1.54, 1.807) is 18.2 Å². The zero-order valence-corrected chi connectivity index (χ0v) is 15.5. The van der Waals surface area contributed by atoms with E-state index in [9.17, 15) is 9.18 Å². The number of aryl methyl sites for hydroxylation is 1. The second-order valence-corrected chi connectivity index (χ2v) is 6.71. The van der Waals surface area contributed by atoms with Crippen molar-refractivity contribution in [1.82, 2.24) is 10.2 Å². The Morgan fingerprint density at radius 3 is 2.52 bits per heavy atom. The molecule has 1 N–H and O–H groups in total. The molecule has 2 aromatic rings. The van der Waals surface area contributed by atoms with E-state index < -0.39 is 0 Å². The van der Waals surface area contributed by atoms with Crippen LogP contribution < -0.4 is 5.32 Å². The average molecular weight is 342 g/mol. The van der Waals surface area contributed by atoms with Gasteiger partial charge < -0.3 is 10.2 Å². The van der Waals surface area contributed by atoms with Gasteiger partial charge in [0.15, 0.2) is 0 Å². The fraction of sp³-hybridized carbons (Fsp3) is 0.381. The fourth-order valence-corrected chi connectivity index (χ4v) is 2.80. The third kappa shape index (κ3) is 5.40. The molecule has 0 fully saturated rings. The van der Waals surface area contributed by atoms with Gasteiger partial charge in [0.25, 0.3) is 5.91 Å². The first-order chi connectivity index (χ1) is 11.9. The first kappa shape index (κ1) is 19.1. The number of carbonyl (C=O) groups excluding carboxylic acids is 1. The molecule has 0 radical (unpaired) electrons. The van der Waals surface area contributed by atoms with Crippen molar-refractivity contribution in [3.05, 3.63) is 59.4 Å². The van der Waals surface area contributed by atoms with Crippen molar-refractivity contribution in [2.24, 2.45) is 5.92 Å². The largest absolute Gasteiger partial charge is 0.352 e. The minimum Gasteiger partial charge on any atom is -0.352 e. The minimum absolute atomic E-state index is 0.0754. The molecule has 3 nitrogen and oxygen atoms in total. The summed E-state index contributed by atoms with van der Waals surface area (Å²) in [5.41, 5.74) is 3.39. The van der Waals surface area contributed by atoms with E-state index in [0.717, 1.165) is 29.8 Å². The third-order valence-corrected chi connectivity index (χ3v) is 4.43. The molecule has 0 heterocycles. The predicted molar refractivity (Wildman–Crippen MR) is 101 cm³/mol. The second-order valence-electron chi connectivity index (χ2n) is 6.71. The highest BCUT2D eigenvalue weighted by Crippen LogP contribution is 2.24. The summed E-state index contributed by atoms with van der Waals surface area (Å²) >= 11 is 0. The summed E-state index contributed by atoms with van der Waals surface area (Å²) in [4.78, 5) is 14.5. The number of nitrogens with zero attached hydrogens (tertiary/aromatic N) is 1. The molecule has 1 amide bonds. The van der Waals surface area contributed by atoms with Gasteiger partial charge in [-0.25, -0.2) is 4.39 Å². The van der Waals surface area contributed by atoms with Crippen LogP contribution in [-0.4, -0.2) is 37.5 Å². The van der Waals surface area contributed by atoms with Gasteiger partial charge in [-0.15, -0.1) is 0 Å². The SMILES string of the molecule is CCN(C)C[C@@H](C)CNC(=O)c1ccc(-c2cc(F)ccc2C)cc1. The predicted octanol–water partition coefficient (Wildman–Crippen LogP) is 4.12. The van der Waals surface area contributed by atoms with E-state index >= 15 is 0 Å². The first-order valence-corrected chi connectivity index (χ1v) is 8.74. The molecule has 0 unspecified atom stereocenters. The molecular formula is C21H27FN2O. The van der Waals surface area contributed by atoms with Gasteiger partial charge >= 0.3 is 0 Å². The lowest BCUT2D eigenvalue weighted by atomic mass is 9.99. The van der Waals surface area contributed by atoms with Crippen LogP contribution in [0.1, 0.15) is 29.8 Å². The molecule has 0 bridgehead atoms. The van der Waals surface area contributed by atoms with E-state index in [-0.39, 0.29) is 11.7 Å². The Balaban J connectivity index is 1.99. The number of hydrogen-bond acceptors (Lipinski definition) is 2. The summed E-state index contributed by atoms with van der Waals surface area (Å²) < 4.78 is 13.5. The van der Waals surface area contributed by atoms with Crippen molar-refractivity contribution in [2.45, 2.75) is 20.8 Å². The third-order valence-electron chi connectivity index (χ3n) is 4.43. The lowest BCUT2D eigenvalue weighted by molar-refractivity contribution is 0.0945. The summed E-state index contributed by atoms with van der Waals surface area (Å²) in [6, 6.07) is 12.1. The first-order valence-electron chi connectivity index (χ1n) is 8.74. The summed E-state index contributed by atoms with van der Waals surface area (Å²) in [6.07, 6.45) is 0. The number of benzene rings is 2. The highest BCUT2D eigenvalue weighted by Gasteiger charge is 2.10. The molecule has 4 heteroatoms. The van der Waals surface area contributed by atoms with Gasteiger partial charge in [-0.05, 0) is 67.4 Å². The zero-order valence-electron chi connectivity index (χ0n) is 15.5. The van der Waals surface area contributed by atoms with Crippen molar-refractivity contribution in [3.63, 3.8) is 0 Å². The maximum absolute atomic E-state index is 13.5. The molecule has 0 saturated carbocycles. The molecule has 2 aromatic carbocycles. The van der Waals surface area contributed by atoms with Crippen LogP contribution in [0, 0.1) is 18.7 Å². The second kappa shape index (κ2) is 8.77. The van der Waals surface area contributed by atoms with E-state index in [1.807, 2.05) is 19.1 Å². The van der Waals surface area contributed by atoms with Gasteiger partial charge in [-0.2, -0.15) is 0 Å². The highest BCUT2D eigenvalue weighted by atomic mass is 19.1. The quantitative estimate of drug-likeness (QED) is 0.821. The van der Waals surface area contributed by atoms with Crippen molar-refractivity contribution in [1.29, 1.82) is 0 Å². The Bertz CT molecular complexity index is 712. The van der Waals surface area contributed by atoms with E-state index in [2.05, 4.69) is 31.1 Å². The number of amides is 1. The molecule has 0 aromatic heterocycles. The number of hydrogen-bond donors (Lipinski definition) is 1. The van der Waals surface area contributed by atoms with Crippen LogP contribution >= 0.6 is 0 Å². The van der Waals surface area contributed by atoms with E-state index in [0.29, 0.717) is 18.0 Å². The summed E-state index contributed by atoms with van der Waals surface area (Å²) in [5, 5.41) is 2.98. The lowest BCUT2D eigenvalue weighted by Gasteiger charge is -2.19. The van der Waals surface area contributed by atoms with Crippen molar-refractivity contribution in [2.75, 3.05) is 26.7 Å². The van der Waals surface area contributed by atoms with Crippen molar-refractivity contribution >= 4 is 5.91 Å². The number of rotatable bonds is 7. The smallest absolute Gasteiger partial charge is 0.251 e. The Kier molecular flexibility index (Phi) is 6.71. The molecule has 0 aliphatic heterocycles. The van der Waals surface area contributed by atoms with Gasteiger partial charge in [0.05, 0.1) is 0 Å². The molecule has 1 atom stereocenters. The topological polar surface area (TPSA) is 32.3 Å². The Hall–Kier alpha value is -2.20. The molecule has 0 aliphatic carbocycles. The normalized spacial score (nSPS) is 12.2. The van der Waals surface area contributed by atoms with Gasteiger partial charge in [0, 0.05) is 18.7 Å². The van der Waals surface area contributed by atoms with Crippen molar-refractivity contribution < 1.29 is 9.18 Å². The molecular weight excluding hydrogens is 315 g/mol. The number of nitrogens with one attached hydrogen (secondary N) is 1. The van der Waals surface area contributed by atoms with Crippen LogP contribution in [0.25, 0.3) is 11.1 Å². The van der Waals surface area contributed by atoms with E-state index in [4.69, 9.17) is 0 Å². The summed E-state index contributed by atoms with van der Waals surface area (Å²) in [6.45, 7) is 8.79. The Labute approximate surface area is 149 Å². The van der Waals surface area contributed by atoms with Crippen LogP contribution in [-0.2, 0) is 0 Å². The standard InChI is InChI=1S/C21H27FN2O/c1-5-24(4)14-15(2)13-23-21(25)18-9-7-17(8-10-18)20-12-19(22)11-6-16(20)3/h6-12,15H,5,13-14H2,1-4H3,(H,23,25)/t15-/m0/s1. The highest BCUT2D eigenvalue weighted by molar-refractivity contribution is 5.94. The van der Waals surface area contributed by atoms with Crippen LogP contribution in [0.3, 0.4) is 0 Å². The van der Waals surface area contributed by atoms with Gasteiger partial charge in [0.1, 0.15) is 5.82 Å². The molecule has 0 saturated heterocycles. The Morgan fingerprint density at radius 1 is 1.20 bits per heavy atom. The molecule has 25 heavy (non-hydrogen) atoms. The minimum atomic E-state index is -0.256. The molecule has 2 rings (SSSR count). The fourth-order valence-electron chi connectivity index (χ4n) is 2.80. The molecule has 134 valence electrons. The lowest BCUT2D eigenvalue weighted by Crippen LogP contribution is -2.33. The van der Waals surface area contributed by atoms with Gasteiger partial charge in [-0.3, -0.25) is 4.79 Å². The van der Waals surface area contributed by atoms with Crippen molar-refractivity contribution in [3.8, 4) is 11.1 Å². The Morgan fingerprint density at radius 2 is 1.88 bits per heavy atom.